The number of nitrogens with two attached hydrogens (primary N) is 1. The van der Waals surface area contributed by atoms with Gasteiger partial charge in [0, 0.05) is 12.2 Å². The molecule has 4 N–H and O–H groups in total. The molecule has 2 heterocycles. The molecule has 1 aliphatic rings. The number of anilines is 2. The lowest BCUT2D eigenvalue weighted by Crippen LogP contribution is -2.36. The van der Waals surface area contributed by atoms with E-state index in [1.54, 1.807) is 12.3 Å². The van der Waals surface area contributed by atoms with Gasteiger partial charge in [-0.25, -0.2) is 9.97 Å². The highest BCUT2D eigenvalue weighted by atomic mass is 16.5. The molecule has 1 aliphatic heterocycles. The molecule has 0 spiro atoms. The first kappa shape index (κ1) is 16.2. The van der Waals surface area contributed by atoms with Gasteiger partial charge in [0.2, 0.25) is 0 Å². The van der Waals surface area contributed by atoms with Crippen LogP contribution in [-0.4, -0.2) is 22.0 Å². The molecular formula is C17H21N5O2. The maximum absolute atomic E-state index is 11.8. The van der Waals surface area contributed by atoms with Crippen LogP contribution in [0.25, 0.3) is 0 Å². The zero-order valence-electron chi connectivity index (χ0n) is 13.7. The zero-order valence-corrected chi connectivity index (χ0v) is 13.7. The van der Waals surface area contributed by atoms with Crippen LogP contribution in [0.4, 0.5) is 11.5 Å². The Kier molecular flexibility index (Phi) is 4.61. The summed E-state index contributed by atoms with van der Waals surface area (Å²) in [6, 6.07) is 7.51. The topological polar surface area (TPSA) is 102 Å². The first-order valence-electron chi connectivity index (χ1n) is 7.99. The number of ether oxygens (including phenoxy) is 1. The summed E-state index contributed by atoms with van der Waals surface area (Å²) >= 11 is 0. The molecule has 1 aromatic heterocycles. The fraction of sp³-hybridized carbons (Fsp3) is 0.353. The third-order valence-electron chi connectivity index (χ3n) is 3.99. The number of aromatic nitrogens is 2. The second-order valence-electron chi connectivity index (χ2n) is 5.76. The van der Waals surface area contributed by atoms with Crippen molar-refractivity contribution in [3.63, 3.8) is 0 Å². The molecule has 0 radical (unpaired) electrons. The van der Waals surface area contributed by atoms with Gasteiger partial charge >= 0.3 is 0 Å². The van der Waals surface area contributed by atoms with Gasteiger partial charge in [0.15, 0.2) is 6.10 Å². The average Bonchev–Trinajstić information content (AvgIpc) is 2.58. The lowest BCUT2D eigenvalue weighted by Gasteiger charge is -2.26. The summed E-state index contributed by atoms with van der Waals surface area (Å²) in [6.45, 7) is 4.49. The molecule has 0 aliphatic carbocycles. The Morgan fingerprint density at radius 2 is 2.25 bits per heavy atom. The van der Waals surface area contributed by atoms with E-state index in [1.807, 2.05) is 32.0 Å². The van der Waals surface area contributed by atoms with E-state index in [1.165, 1.54) is 0 Å². The number of nitrogen functional groups attached to an aromatic ring is 1. The molecule has 126 valence electrons. The van der Waals surface area contributed by atoms with E-state index in [4.69, 9.17) is 10.5 Å². The summed E-state index contributed by atoms with van der Waals surface area (Å²) in [6.07, 6.45) is 1.84. The molecule has 7 nitrogen and oxygen atoms in total. The lowest BCUT2D eigenvalue weighted by molar-refractivity contribution is -0.123. The van der Waals surface area contributed by atoms with Gasteiger partial charge in [-0.3, -0.25) is 4.79 Å². The zero-order chi connectivity index (χ0) is 17.1. The lowest BCUT2D eigenvalue weighted by atomic mass is 10.1. The van der Waals surface area contributed by atoms with Crippen LogP contribution in [0.2, 0.25) is 0 Å². The summed E-state index contributed by atoms with van der Waals surface area (Å²) in [5.74, 6) is 1.71. The van der Waals surface area contributed by atoms with Gasteiger partial charge in [-0.05, 0) is 37.1 Å². The molecule has 1 aromatic carbocycles. The quantitative estimate of drug-likeness (QED) is 0.776. The number of nitrogens with one attached hydrogen (secondary N) is 2. The minimum atomic E-state index is -0.434. The largest absolute Gasteiger partial charge is 0.478 e. The van der Waals surface area contributed by atoms with E-state index in [-0.39, 0.29) is 11.9 Å². The standard InChI is InChI=1S/C17H21N5O2/c1-3-13-17(23)21-12-5-4-11(8-14(12)24-13)10(2)20-9-16-19-7-6-15(18)22-16/h4-8,10,13,20H,3,9H2,1-2H3,(H,21,23)(H2,18,19,22)/t10-,13-/m0/s1. The molecule has 0 saturated heterocycles. The fourth-order valence-corrected chi connectivity index (χ4v) is 2.56. The molecular weight excluding hydrogens is 306 g/mol. The van der Waals surface area contributed by atoms with E-state index >= 15 is 0 Å². The van der Waals surface area contributed by atoms with E-state index in [0.717, 1.165) is 5.56 Å². The maximum atomic E-state index is 11.8. The Labute approximate surface area is 140 Å². The molecule has 0 unspecified atom stereocenters. The Bertz CT molecular complexity index is 750. The fourth-order valence-electron chi connectivity index (χ4n) is 2.56. The minimum absolute atomic E-state index is 0.0710. The molecule has 0 bridgehead atoms. The predicted octanol–water partition coefficient (Wildman–Crippen LogP) is 2.02. The summed E-state index contributed by atoms with van der Waals surface area (Å²) < 4.78 is 5.78. The van der Waals surface area contributed by atoms with Gasteiger partial charge in [0.1, 0.15) is 17.4 Å². The van der Waals surface area contributed by atoms with Crippen molar-refractivity contribution >= 4 is 17.4 Å². The van der Waals surface area contributed by atoms with Crippen LogP contribution >= 0.6 is 0 Å². The number of hydrogen-bond acceptors (Lipinski definition) is 6. The molecule has 24 heavy (non-hydrogen) atoms. The van der Waals surface area contributed by atoms with Gasteiger partial charge in [-0.1, -0.05) is 13.0 Å². The second-order valence-corrected chi connectivity index (χ2v) is 5.76. The van der Waals surface area contributed by atoms with Gasteiger partial charge in [0.05, 0.1) is 12.2 Å². The minimum Gasteiger partial charge on any atom is -0.478 e. The van der Waals surface area contributed by atoms with Crippen LogP contribution in [0, 0.1) is 0 Å². The van der Waals surface area contributed by atoms with Crippen LogP contribution in [0.5, 0.6) is 5.75 Å². The Hall–Kier alpha value is -2.67. The number of nitrogens with zero attached hydrogens (tertiary/aromatic N) is 2. The van der Waals surface area contributed by atoms with Gasteiger partial charge < -0.3 is 21.1 Å². The Morgan fingerprint density at radius 1 is 1.42 bits per heavy atom. The van der Waals surface area contributed by atoms with Crippen LogP contribution in [0.15, 0.2) is 30.5 Å². The number of hydrogen-bond donors (Lipinski definition) is 3. The number of benzene rings is 1. The third-order valence-corrected chi connectivity index (χ3v) is 3.99. The summed E-state index contributed by atoms with van der Waals surface area (Å²) in [5, 5.41) is 6.23. The Morgan fingerprint density at radius 3 is 3.00 bits per heavy atom. The van der Waals surface area contributed by atoms with Crippen molar-refractivity contribution in [2.24, 2.45) is 0 Å². The summed E-state index contributed by atoms with van der Waals surface area (Å²) in [5.41, 5.74) is 7.43. The highest BCUT2D eigenvalue weighted by Crippen LogP contribution is 2.33. The van der Waals surface area contributed by atoms with Crippen LogP contribution in [0.1, 0.15) is 37.7 Å². The SMILES string of the molecule is CC[C@@H]1Oc2cc([C@H](C)NCc3nccc(N)n3)ccc2NC1=O. The van der Waals surface area contributed by atoms with Crippen molar-refractivity contribution in [1.29, 1.82) is 0 Å². The highest BCUT2D eigenvalue weighted by molar-refractivity contribution is 5.97. The number of fused-ring (bicyclic) bond motifs is 1. The highest BCUT2D eigenvalue weighted by Gasteiger charge is 2.26. The monoisotopic (exact) mass is 327 g/mol. The summed E-state index contributed by atoms with van der Waals surface area (Å²) in [4.78, 5) is 20.2. The first-order valence-corrected chi connectivity index (χ1v) is 7.99. The van der Waals surface area contributed by atoms with Crippen molar-refractivity contribution in [3.05, 3.63) is 41.9 Å². The average molecular weight is 327 g/mol. The normalized spacial score (nSPS) is 17.6. The molecule has 7 heteroatoms. The smallest absolute Gasteiger partial charge is 0.265 e. The molecule has 0 fully saturated rings. The van der Waals surface area contributed by atoms with E-state index < -0.39 is 6.10 Å². The number of carbonyl (C=O) groups excluding carboxylic acids is 1. The molecule has 2 aromatic rings. The second kappa shape index (κ2) is 6.84. The van der Waals surface area contributed by atoms with Crippen molar-refractivity contribution in [2.75, 3.05) is 11.1 Å². The number of rotatable bonds is 5. The van der Waals surface area contributed by atoms with Gasteiger partial charge in [-0.2, -0.15) is 0 Å². The third kappa shape index (κ3) is 3.46. The van der Waals surface area contributed by atoms with Crippen LogP contribution < -0.4 is 21.1 Å². The Balaban J connectivity index is 1.70. The molecule has 0 saturated carbocycles. The summed E-state index contributed by atoms with van der Waals surface area (Å²) in [7, 11) is 0. The molecule has 3 rings (SSSR count). The van der Waals surface area contributed by atoms with Crippen molar-refractivity contribution in [2.45, 2.75) is 39.0 Å². The van der Waals surface area contributed by atoms with E-state index in [0.29, 0.717) is 36.0 Å². The molecule has 1 amide bonds. The van der Waals surface area contributed by atoms with Crippen molar-refractivity contribution in [1.82, 2.24) is 15.3 Å². The number of amides is 1. The first-order chi connectivity index (χ1) is 11.6. The van der Waals surface area contributed by atoms with Gasteiger partial charge in [0.25, 0.3) is 5.91 Å². The number of carbonyl (C=O) groups is 1. The van der Waals surface area contributed by atoms with Crippen LogP contribution in [-0.2, 0) is 11.3 Å². The van der Waals surface area contributed by atoms with E-state index in [9.17, 15) is 4.79 Å². The van der Waals surface area contributed by atoms with Gasteiger partial charge in [-0.15, -0.1) is 0 Å². The van der Waals surface area contributed by atoms with E-state index in [2.05, 4.69) is 20.6 Å². The van der Waals surface area contributed by atoms with Crippen molar-refractivity contribution in [3.8, 4) is 5.75 Å². The van der Waals surface area contributed by atoms with Crippen LogP contribution in [0.3, 0.4) is 0 Å². The molecule has 2 atom stereocenters. The maximum Gasteiger partial charge on any atom is 0.265 e. The predicted molar refractivity (Wildman–Crippen MR) is 91.5 cm³/mol. The van der Waals surface area contributed by atoms with Crippen molar-refractivity contribution < 1.29 is 9.53 Å².